The van der Waals surface area contributed by atoms with Crippen LogP contribution < -0.4 is 9.47 Å². The van der Waals surface area contributed by atoms with Crippen LogP contribution in [0.5, 0.6) is 11.5 Å². The van der Waals surface area contributed by atoms with Crippen molar-refractivity contribution in [2.75, 3.05) is 33.4 Å². The van der Waals surface area contributed by atoms with E-state index in [2.05, 4.69) is 17.9 Å². The van der Waals surface area contributed by atoms with Crippen LogP contribution in [0.15, 0.2) is 12.1 Å². The maximum absolute atomic E-state index is 8.36. The van der Waals surface area contributed by atoms with Gasteiger partial charge in [-0.05, 0) is 57.2 Å². The van der Waals surface area contributed by atoms with Crippen LogP contribution in [0, 0.1) is 5.41 Å². The summed E-state index contributed by atoms with van der Waals surface area (Å²) in [5, 5.41) is 7.65. The fourth-order valence-electron chi connectivity index (χ4n) is 4.87. The number of carboxylic acid groups (broad SMARTS) is 1. The van der Waals surface area contributed by atoms with Crippen molar-refractivity contribution >= 4 is 18.1 Å². The Balaban J connectivity index is 0.00000101. The predicted molar refractivity (Wildman–Crippen MR) is 119 cm³/mol. The Morgan fingerprint density at radius 1 is 1.23 bits per heavy atom. The number of benzene rings is 1. The summed E-state index contributed by atoms with van der Waals surface area (Å²) in [7, 11) is 1.87. The zero-order valence-corrected chi connectivity index (χ0v) is 19.2. The molecular weight excluding hydrogens is 406 g/mol. The fourth-order valence-corrected chi connectivity index (χ4v) is 5.08. The molecule has 7 heteroatoms. The van der Waals surface area contributed by atoms with Gasteiger partial charge in [0.05, 0.1) is 19.3 Å². The molecule has 2 atom stereocenters. The van der Waals surface area contributed by atoms with E-state index < -0.39 is 0 Å². The molecule has 1 heterocycles. The molecule has 2 fully saturated rings. The van der Waals surface area contributed by atoms with Gasteiger partial charge in [-0.15, -0.1) is 0 Å². The Bertz CT molecular complexity index is 671. The van der Waals surface area contributed by atoms with Crippen molar-refractivity contribution < 1.29 is 24.1 Å². The Morgan fingerprint density at radius 3 is 2.60 bits per heavy atom. The fraction of sp³-hybridized carbons (Fsp3) is 0.696. The number of nitrogens with zero attached hydrogens (tertiary/aromatic N) is 1. The molecule has 170 valence electrons. The second kappa shape index (κ2) is 12.4. The van der Waals surface area contributed by atoms with Crippen LogP contribution in [0.25, 0.3) is 0 Å². The summed E-state index contributed by atoms with van der Waals surface area (Å²) in [4.78, 5) is 10.9. The minimum absolute atomic E-state index is 0.250. The molecule has 1 spiro atoms. The third kappa shape index (κ3) is 6.25. The lowest BCUT2D eigenvalue weighted by Gasteiger charge is -2.43. The van der Waals surface area contributed by atoms with E-state index >= 15 is 0 Å². The number of methoxy groups -OCH3 is 1. The molecule has 1 saturated carbocycles. The van der Waals surface area contributed by atoms with Gasteiger partial charge in [-0.2, -0.15) is 0 Å². The maximum atomic E-state index is 8.36. The highest BCUT2D eigenvalue weighted by Crippen LogP contribution is 2.47. The van der Waals surface area contributed by atoms with E-state index in [0.717, 1.165) is 48.1 Å². The van der Waals surface area contributed by atoms with E-state index in [4.69, 9.17) is 35.7 Å². The van der Waals surface area contributed by atoms with E-state index in [0.29, 0.717) is 24.7 Å². The molecule has 1 aromatic rings. The van der Waals surface area contributed by atoms with Crippen LogP contribution in [-0.4, -0.2) is 56.0 Å². The number of halogens is 1. The van der Waals surface area contributed by atoms with Gasteiger partial charge in [-0.1, -0.05) is 24.9 Å². The minimum Gasteiger partial charge on any atom is -0.490 e. The van der Waals surface area contributed by atoms with Crippen LogP contribution in [0.2, 0.25) is 5.02 Å². The minimum atomic E-state index is -0.250. The molecule has 1 aliphatic carbocycles. The van der Waals surface area contributed by atoms with E-state index in [-0.39, 0.29) is 6.47 Å². The third-order valence-electron chi connectivity index (χ3n) is 6.06. The molecule has 3 rings (SSSR count). The highest BCUT2D eigenvalue weighted by Gasteiger charge is 2.45. The van der Waals surface area contributed by atoms with Gasteiger partial charge in [0.1, 0.15) is 0 Å². The first-order valence-corrected chi connectivity index (χ1v) is 11.3. The number of carbonyl (C=O) groups is 1. The second-order valence-corrected chi connectivity index (χ2v) is 8.48. The van der Waals surface area contributed by atoms with Crippen molar-refractivity contribution in [2.45, 2.75) is 65.0 Å². The maximum Gasteiger partial charge on any atom is 0.290 e. The largest absolute Gasteiger partial charge is 0.490 e. The zero-order chi connectivity index (χ0) is 22.0. The summed E-state index contributed by atoms with van der Waals surface area (Å²) in [5.74, 6) is 1.55. The first-order valence-electron chi connectivity index (χ1n) is 10.9. The summed E-state index contributed by atoms with van der Waals surface area (Å²) in [5.41, 5.74) is 1.44. The molecule has 1 saturated heterocycles. The first kappa shape index (κ1) is 24.8. The lowest BCUT2D eigenvalue weighted by Crippen LogP contribution is -2.47. The number of hydrogen-bond acceptors (Lipinski definition) is 5. The number of likely N-dealkylation sites (tertiary alicyclic amines) is 1. The molecule has 2 aliphatic rings. The molecule has 6 nitrogen and oxygen atoms in total. The molecule has 0 bridgehead atoms. The summed E-state index contributed by atoms with van der Waals surface area (Å²) < 4.78 is 17.5. The topological polar surface area (TPSA) is 68.2 Å². The van der Waals surface area contributed by atoms with Crippen molar-refractivity contribution in [2.24, 2.45) is 5.41 Å². The molecule has 1 N–H and O–H groups in total. The van der Waals surface area contributed by atoms with Crippen molar-refractivity contribution in [3.05, 3.63) is 22.7 Å². The molecule has 1 aromatic carbocycles. The van der Waals surface area contributed by atoms with Gasteiger partial charge in [0.25, 0.3) is 6.47 Å². The lowest BCUT2D eigenvalue weighted by molar-refractivity contribution is -0.122. The Morgan fingerprint density at radius 2 is 1.93 bits per heavy atom. The molecule has 0 aromatic heterocycles. The van der Waals surface area contributed by atoms with Gasteiger partial charge in [0, 0.05) is 36.7 Å². The molecule has 1 aliphatic heterocycles. The molecule has 0 amide bonds. The zero-order valence-electron chi connectivity index (χ0n) is 18.5. The van der Waals surface area contributed by atoms with Gasteiger partial charge >= 0.3 is 0 Å². The summed E-state index contributed by atoms with van der Waals surface area (Å²) >= 11 is 6.62. The van der Waals surface area contributed by atoms with Crippen LogP contribution in [0.3, 0.4) is 0 Å². The summed E-state index contributed by atoms with van der Waals surface area (Å²) in [6.45, 7) is 8.20. The van der Waals surface area contributed by atoms with Crippen molar-refractivity contribution in [1.29, 1.82) is 0 Å². The van der Waals surface area contributed by atoms with E-state index in [1.165, 1.54) is 32.1 Å². The van der Waals surface area contributed by atoms with E-state index in [9.17, 15) is 0 Å². The number of ether oxygens (including phenoxy) is 3. The average Bonchev–Trinajstić information content (AvgIpc) is 3.11. The summed E-state index contributed by atoms with van der Waals surface area (Å²) in [6, 6.07) is 3.99. The quantitative estimate of drug-likeness (QED) is 0.572. The Hall–Kier alpha value is -1.50. The average molecular weight is 442 g/mol. The normalized spacial score (nSPS) is 23.7. The predicted octanol–water partition coefficient (Wildman–Crippen LogP) is 5.01. The smallest absolute Gasteiger partial charge is 0.290 e. The molecule has 30 heavy (non-hydrogen) atoms. The third-order valence-corrected chi connectivity index (χ3v) is 6.42. The van der Waals surface area contributed by atoms with Crippen molar-refractivity contribution in [3.8, 4) is 11.5 Å². The first-order chi connectivity index (χ1) is 14.5. The molecule has 0 radical (unpaired) electrons. The van der Waals surface area contributed by atoms with E-state index in [1.54, 1.807) is 0 Å². The SMILES string of the molecule is CCCOc1cc(Cl)c(CN2CCC[C@@]3(CCC[C@H]3OC)C2)cc1OCC.O=CO. The van der Waals surface area contributed by atoms with Crippen molar-refractivity contribution in [3.63, 3.8) is 0 Å². The molecule has 0 unspecified atom stereocenters. The standard InChI is InChI=1S/C22H34ClNO3.CH2O2/c1-4-12-27-20-14-18(23)17(13-19(20)26-5-2)15-24-11-7-10-22(16-24)9-6-8-21(22)25-3;2-1-3/h13-14,21H,4-12,15-16H2,1-3H3;1H,(H,2,3)/t21-,22+;/m1./s1. The van der Waals surface area contributed by atoms with Gasteiger partial charge < -0.3 is 19.3 Å². The highest BCUT2D eigenvalue weighted by molar-refractivity contribution is 6.31. The van der Waals surface area contributed by atoms with Crippen LogP contribution >= 0.6 is 11.6 Å². The lowest BCUT2D eigenvalue weighted by atomic mass is 9.76. The molecular formula is C23H36ClNO5. The number of piperidine rings is 1. The number of hydrogen-bond donors (Lipinski definition) is 1. The van der Waals surface area contributed by atoms with Crippen LogP contribution in [0.4, 0.5) is 0 Å². The number of rotatable bonds is 8. The second-order valence-electron chi connectivity index (χ2n) is 8.07. The van der Waals surface area contributed by atoms with E-state index in [1.807, 2.05) is 20.1 Å². The van der Waals surface area contributed by atoms with Gasteiger partial charge in [0.2, 0.25) is 0 Å². The Labute approximate surface area is 185 Å². The van der Waals surface area contributed by atoms with Gasteiger partial charge in [-0.3, -0.25) is 9.69 Å². The van der Waals surface area contributed by atoms with Gasteiger partial charge in [-0.25, -0.2) is 0 Å². The van der Waals surface area contributed by atoms with Crippen LogP contribution in [-0.2, 0) is 16.1 Å². The Kier molecular flexibility index (Phi) is 10.2. The monoisotopic (exact) mass is 441 g/mol. The van der Waals surface area contributed by atoms with Gasteiger partial charge in [0.15, 0.2) is 11.5 Å². The highest BCUT2D eigenvalue weighted by atomic mass is 35.5. The summed E-state index contributed by atoms with van der Waals surface area (Å²) in [6.07, 6.45) is 7.64. The van der Waals surface area contributed by atoms with Crippen molar-refractivity contribution in [1.82, 2.24) is 4.90 Å². The van der Waals surface area contributed by atoms with Crippen LogP contribution in [0.1, 0.15) is 57.9 Å².